The van der Waals surface area contributed by atoms with E-state index in [9.17, 15) is 5.11 Å². The van der Waals surface area contributed by atoms with Crippen LogP contribution in [0.5, 0.6) is 0 Å². The topological polar surface area (TPSA) is 52.1 Å². The van der Waals surface area contributed by atoms with Gasteiger partial charge < -0.3 is 14.8 Å². The molecule has 0 aliphatic rings. The van der Waals surface area contributed by atoms with Gasteiger partial charge in [-0.1, -0.05) is 67.1 Å². The second kappa shape index (κ2) is 8.93. The Balaban J connectivity index is 2.02. The number of nitrogens with zero attached hydrogens (tertiary/aromatic N) is 1. The van der Waals surface area contributed by atoms with E-state index < -0.39 is 0 Å². The van der Waals surface area contributed by atoms with Crippen LogP contribution in [0.15, 0.2) is 76.1 Å². The Morgan fingerprint density at radius 2 is 1.79 bits per heavy atom. The molecule has 0 aliphatic carbocycles. The van der Waals surface area contributed by atoms with E-state index in [0.717, 1.165) is 10.2 Å². The molecule has 3 aromatic rings. The Hall–Kier alpha value is -2.44. The van der Waals surface area contributed by atoms with Crippen LogP contribution >= 0.6 is 28.1 Å². The van der Waals surface area contributed by atoms with Gasteiger partial charge in [0, 0.05) is 16.6 Å². The van der Waals surface area contributed by atoms with Crippen LogP contribution in [0.4, 0.5) is 0 Å². The molecule has 1 aromatic carbocycles. The van der Waals surface area contributed by atoms with Crippen molar-refractivity contribution in [3.8, 4) is 0 Å². The molecule has 0 fully saturated rings. The molecule has 0 spiro atoms. The SMILES string of the molecule is CC(C)(C)c1cc[n+](/C(C(=S)NCc2ccco2)=C(/[O-])c2ccccc2Br)cc1. The summed E-state index contributed by atoms with van der Waals surface area (Å²) in [5.41, 5.74) is 2.14. The summed E-state index contributed by atoms with van der Waals surface area (Å²) in [6, 6.07) is 15.0. The van der Waals surface area contributed by atoms with Crippen molar-refractivity contribution >= 4 is 44.6 Å². The first kappa shape index (κ1) is 21.3. The van der Waals surface area contributed by atoms with Gasteiger partial charge in [0.15, 0.2) is 17.4 Å². The van der Waals surface area contributed by atoms with Gasteiger partial charge in [0.25, 0.3) is 0 Å². The molecule has 0 saturated heterocycles. The molecule has 6 heteroatoms. The molecular weight excluding hydrogens is 448 g/mol. The fourth-order valence-corrected chi connectivity index (χ4v) is 3.59. The van der Waals surface area contributed by atoms with E-state index >= 15 is 0 Å². The Kier molecular flexibility index (Phi) is 6.55. The highest BCUT2D eigenvalue weighted by Crippen LogP contribution is 2.24. The molecule has 0 saturated carbocycles. The van der Waals surface area contributed by atoms with Gasteiger partial charge in [-0.15, -0.1) is 0 Å². The van der Waals surface area contributed by atoms with Crippen LogP contribution in [0.3, 0.4) is 0 Å². The highest BCUT2D eigenvalue weighted by atomic mass is 79.9. The van der Waals surface area contributed by atoms with Crippen molar-refractivity contribution < 1.29 is 14.1 Å². The average Bonchev–Trinajstić information content (AvgIpc) is 3.20. The molecule has 0 amide bonds. The summed E-state index contributed by atoms with van der Waals surface area (Å²) in [4.78, 5) is 0.357. The number of nitrogens with one attached hydrogen (secondary N) is 1. The van der Waals surface area contributed by atoms with E-state index in [1.807, 2.05) is 54.9 Å². The van der Waals surface area contributed by atoms with Crippen molar-refractivity contribution in [3.63, 3.8) is 0 Å². The highest BCUT2D eigenvalue weighted by molar-refractivity contribution is 9.10. The molecular formula is C23H23BrN2O2S. The smallest absolute Gasteiger partial charge is 0.238 e. The van der Waals surface area contributed by atoms with Gasteiger partial charge in [-0.25, -0.2) is 0 Å². The third kappa shape index (κ3) is 5.14. The monoisotopic (exact) mass is 470 g/mol. The molecule has 0 unspecified atom stereocenters. The van der Waals surface area contributed by atoms with Crippen molar-refractivity contribution in [2.24, 2.45) is 0 Å². The van der Waals surface area contributed by atoms with Gasteiger partial charge >= 0.3 is 0 Å². The number of rotatable bonds is 5. The molecule has 0 aliphatic heterocycles. The summed E-state index contributed by atoms with van der Waals surface area (Å²) in [7, 11) is 0. The predicted molar refractivity (Wildman–Crippen MR) is 121 cm³/mol. The normalized spacial score (nSPS) is 12.4. The zero-order chi connectivity index (χ0) is 21.0. The molecule has 2 aromatic heterocycles. The van der Waals surface area contributed by atoms with E-state index in [1.165, 1.54) is 5.56 Å². The first-order valence-electron chi connectivity index (χ1n) is 9.26. The number of halogens is 1. The molecule has 0 radical (unpaired) electrons. The molecule has 150 valence electrons. The number of furan rings is 1. The van der Waals surface area contributed by atoms with Crippen LogP contribution in [0.2, 0.25) is 0 Å². The zero-order valence-electron chi connectivity index (χ0n) is 16.6. The van der Waals surface area contributed by atoms with E-state index in [4.69, 9.17) is 16.6 Å². The molecule has 2 heterocycles. The Morgan fingerprint density at radius 3 is 2.38 bits per heavy atom. The van der Waals surface area contributed by atoms with E-state index in [2.05, 4.69) is 42.0 Å². The lowest BCUT2D eigenvalue weighted by atomic mass is 9.88. The van der Waals surface area contributed by atoms with Crippen LogP contribution in [-0.2, 0) is 12.0 Å². The number of pyridine rings is 1. The lowest BCUT2D eigenvalue weighted by Crippen LogP contribution is -2.42. The third-order valence-electron chi connectivity index (χ3n) is 4.51. The Bertz CT molecular complexity index is 1020. The molecule has 1 N–H and O–H groups in total. The summed E-state index contributed by atoms with van der Waals surface area (Å²) in [6.45, 7) is 6.86. The van der Waals surface area contributed by atoms with Crippen molar-refractivity contribution in [3.05, 3.63) is 88.5 Å². The fraction of sp³-hybridized carbons (Fsp3) is 0.217. The van der Waals surface area contributed by atoms with Crippen LogP contribution in [-0.4, -0.2) is 4.99 Å². The molecule has 3 rings (SSSR count). The average molecular weight is 471 g/mol. The third-order valence-corrected chi connectivity index (χ3v) is 5.53. The molecule has 0 bridgehead atoms. The first-order valence-corrected chi connectivity index (χ1v) is 10.5. The van der Waals surface area contributed by atoms with Crippen molar-refractivity contribution in [1.82, 2.24) is 5.32 Å². The van der Waals surface area contributed by atoms with E-state index in [0.29, 0.717) is 22.8 Å². The van der Waals surface area contributed by atoms with Gasteiger partial charge in [-0.2, -0.15) is 4.57 Å². The van der Waals surface area contributed by atoms with Gasteiger partial charge in [0.1, 0.15) is 5.76 Å². The maximum absolute atomic E-state index is 13.4. The quantitative estimate of drug-likeness (QED) is 0.259. The summed E-state index contributed by atoms with van der Waals surface area (Å²) < 4.78 is 7.85. The Morgan fingerprint density at radius 1 is 1.10 bits per heavy atom. The largest absolute Gasteiger partial charge is 0.867 e. The highest BCUT2D eigenvalue weighted by Gasteiger charge is 2.21. The van der Waals surface area contributed by atoms with Gasteiger partial charge in [-0.3, -0.25) is 0 Å². The van der Waals surface area contributed by atoms with Crippen molar-refractivity contribution in [2.75, 3.05) is 0 Å². The summed E-state index contributed by atoms with van der Waals surface area (Å²) in [6.07, 6.45) is 5.37. The van der Waals surface area contributed by atoms with Gasteiger partial charge in [0.05, 0.1) is 12.8 Å². The van der Waals surface area contributed by atoms with E-state index in [1.54, 1.807) is 16.9 Å². The van der Waals surface area contributed by atoms with Crippen molar-refractivity contribution in [2.45, 2.75) is 32.7 Å². The van der Waals surface area contributed by atoms with Gasteiger partial charge in [-0.05, 0) is 40.5 Å². The first-order chi connectivity index (χ1) is 13.8. The number of thiocarbonyl (C=S) groups is 1. The summed E-state index contributed by atoms with van der Waals surface area (Å²) >= 11 is 9.08. The maximum Gasteiger partial charge on any atom is 0.238 e. The van der Waals surface area contributed by atoms with Crippen molar-refractivity contribution in [1.29, 1.82) is 0 Å². The van der Waals surface area contributed by atoms with Crippen LogP contribution in [0.25, 0.3) is 11.5 Å². The lowest BCUT2D eigenvalue weighted by molar-refractivity contribution is -0.578. The number of benzene rings is 1. The molecule has 0 atom stereocenters. The second-order valence-corrected chi connectivity index (χ2v) is 8.93. The minimum absolute atomic E-state index is 0.0176. The lowest BCUT2D eigenvalue weighted by Gasteiger charge is -2.20. The predicted octanol–water partition coefficient (Wildman–Crippen LogP) is 4.43. The van der Waals surface area contributed by atoms with Crippen LogP contribution in [0, 0.1) is 0 Å². The standard InChI is InChI=1S/C23H23BrN2O2S/c1-23(2,3)16-10-12-26(13-11-16)20(21(27)18-8-4-5-9-19(18)24)22(29)25-15-17-7-6-14-28-17/h4-14H,15H2,1-3H3,(H-,25,27,29). The van der Waals surface area contributed by atoms with E-state index in [-0.39, 0.29) is 11.2 Å². The fourth-order valence-electron chi connectivity index (χ4n) is 2.85. The number of hydrogen-bond donors (Lipinski definition) is 1. The number of hydrogen-bond acceptors (Lipinski definition) is 3. The zero-order valence-corrected chi connectivity index (χ0v) is 19.0. The minimum Gasteiger partial charge on any atom is -0.867 e. The van der Waals surface area contributed by atoms with Gasteiger partial charge in [0.2, 0.25) is 5.70 Å². The minimum atomic E-state index is -0.164. The van der Waals surface area contributed by atoms with Crippen LogP contribution in [0.1, 0.15) is 37.7 Å². The number of aromatic nitrogens is 1. The molecule has 29 heavy (non-hydrogen) atoms. The summed E-state index contributed by atoms with van der Waals surface area (Å²) in [5, 5.41) is 16.6. The maximum atomic E-state index is 13.4. The summed E-state index contributed by atoms with van der Waals surface area (Å²) in [5.74, 6) is 0.580. The Labute approximate surface area is 185 Å². The second-order valence-electron chi connectivity index (χ2n) is 7.66. The van der Waals surface area contributed by atoms with Crippen LogP contribution < -0.4 is 15.0 Å². The molecule has 4 nitrogen and oxygen atoms in total.